The summed E-state index contributed by atoms with van der Waals surface area (Å²) in [5.74, 6) is -0.339. The molecule has 1 fully saturated rings. The van der Waals surface area contributed by atoms with E-state index < -0.39 is 0 Å². The summed E-state index contributed by atoms with van der Waals surface area (Å²) in [5.41, 5.74) is 5.23. The number of allylic oxidation sites excluding steroid dienone is 4. The monoisotopic (exact) mass is 474 g/mol. The Morgan fingerprint density at radius 3 is 2.79 bits per heavy atom. The molecule has 5 rings (SSSR count). The predicted molar refractivity (Wildman–Crippen MR) is 132 cm³/mol. The molecule has 2 heterocycles. The van der Waals surface area contributed by atoms with Crippen molar-refractivity contribution < 1.29 is 18.8 Å². The lowest BCUT2D eigenvalue weighted by Gasteiger charge is -2.41. The molecule has 1 unspecified atom stereocenters. The van der Waals surface area contributed by atoms with Crippen LogP contribution in [0.5, 0.6) is 0 Å². The van der Waals surface area contributed by atoms with Gasteiger partial charge < -0.3 is 15.4 Å². The number of aryl methyl sites for hydroxylation is 1. The zero-order valence-corrected chi connectivity index (χ0v) is 19.6. The fourth-order valence-electron chi connectivity index (χ4n) is 4.71. The second-order valence-electron chi connectivity index (χ2n) is 8.51. The molecular formula is C27H25ClN3O3+. The van der Waals surface area contributed by atoms with Crippen LogP contribution in [0.2, 0.25) is 5.02 Å². The van der Waals surface area contributed by atoms with Crippen molar-refractivity contribution in [1.29, 1.82) is 0 Å². The third-order valence-corrected chi connectivity index (χ3v) is 6.79. The van der Waals surface area contributed by atoms with Gasteiger partial charge in [0, 0.05) is 29.1 Å². The maximum Gasteiger partial charge on any atom is 0.357 e. The first-order valence-corrected chi connectivity index (χ1v) is 11.6. The number of nitrogens with zero attached hydrogens (tertiary/aromatic N) is 1. The highest BCUT2D eigenvalue weighted by Gasteiger charge is 2.50. The number of nitrogens with one attached hydrogen (secondary N) is 2. The highest BCUT2D eigenvalue weighted by molar-refractivity contribution is 6.34. The van der Waals surface area contributed by atoms with E-state index in [1.54, 1.807) is 24.3 Å². The number of carbonyl (C=O) groups excluding carboxylic acids is 2. The number of fused-ring (bicyclic) bond motifs is 3. The second-order valence-corrected chi connectivity index (χ2v) is 8.92. The molecule has 2 amide bonds. The molecule has 3 aliphatic rings. The van der Waals surface area contributed by atoms with Gasteiger partial charge >= 0.3 is 5.91 Å². The summed E-state index contributed by atoms with van der Waals surface area (Å²) in [6.45, 7) is 3.17. The summed E-state index contributed by atoms with van der Waals surface area (Å²) >= 11 is 6.65. The lowest BCUT2D eigenvalue weighted by Crippen LogP contribution is -2.56. The second kappa shape index (κ2) is 9.06. The van der Waals surface area contributed by atoms with Gasteiger partial charge in [0.1, 0.15) is 13.2 Å². The van der Waals surface area contributed by atoms with E-state index in [1.165, 1.54) is 0 Å². The number of rotatable bonds is 3. The quantitative estimate of drug-likeness (QED) is 0.610. The average Bonchev–Trinajstić information content (AvgIpc) is 3.01. The summed E-state index contributed by atoms with van der Waals surface area (Å²) in [5, 5.41) is 6.39. The molecule has 34 heavy (non-hydrogen) atoms. The number of hydrogen-bond acceptors (Lipinski definition) is 4. The molecule has 7 heteroatoms. The number of quaternary nitrogens is 1. The zero-order chi connectivity index (χ0) is 23.7. The summed E-state index contributed by atoms with van der Waals surface area (Å²) in [6.07, 6.45) is 10.6. The third-order valence-electron chi connectivity index (χ3n) is 6.48. The van der Waals surface area contributed by atoms with Crippen molar-refractivity contribution in [2.75, 3.05) is 25.1 Å². The molecule has 6 nitrogen and oxygen atoms in total. The molecule has 2 aliphatic heterocycles. The topological polar surface area (TPSA) is 67.4 Å². The number of benzene rings is 2. The Labute approximate surface area is 203 Å². The first kappa shape index (κ1) is 22.3. The van der Waals surface area contributed by atoms with E-state index >= 15 is 0 Å². The van der Waals surface area contributed by atoms with Crippen LogP contribution in [-0.4, -0.2) is 36.1 Å². The molecule has 172 valence electrons. The fourth-order valence-corrected chi connectivity index (χ4v) is 4.97. The van der Waals surface area contributed by atoms with Gasteiger partial charge in [-0.1, -0.05) is 42.0 Å². The Hall–Kier alpha value is -3.45. The van der Waals surface area contributed by atoms with Crippen LogP contribution in [0.3, 0.4) is 0 Å². The summed E-state index contributed by atoms with van der Waals surface area (Å²) in [4.78, 5) is 26.9. The fraction of sp³-hybridized carbons (Fsp3) is 0.185. The normalized spacial score (nSPS) is 21.1. The van der Waals surface area contributed by atoms with Gasteiger partial charge in [-0.2, -0.15) is 4.48 Å². The van der Waals surface area contributed by atoms with E-state index in [4.69, 9.17) is 16.3 Å². The summed E-state index contributed by atoms with van der Waals surface area (Å²) in [7, 11) is 0. The number of morpholine rings is 1. The van der Waals surface area contributed by atoms with Crippen LogP contribution >= 0.6 is 11.6 Å². The highest BCUT2D eigenvalue weighted by Crippen LogP contribution is 2.40. The van der Waals surface area contributed by atoms with Crippen LogP contribution in [0, 0.1) is 6.92 Å². The summed E-state index contributed by atoms with van der Waals surface area (Å²) in [6, 6.07) is 12.4. The number of ether oxygens (including phenoxy) is 1. The van der Waals surface area contributed by atoms with Gasteiger partial charge in [0.15, 0.2) is 11.4 Å². The first-order valence-electron chi connectivity index (χ1n) is 11.2. The number of carbonyl (C=O) groups is 2. The third kappa shape index (κ3) is 3.80. The van der Waals surface area contributed by atoms with Gasteiger partial charge in [-0.25, -0.2) is 4.79 Å². The molecule has 0 spiro atoms. The van der Waals surface area contributed by atoms with E-state index in [0.29, 0.717) is 41.6 Å². The van der Waals surface area contributed by atoms with Gasteiger partial charge in [-0.05, 0) is 43.2 Å². The minimum Gasteiger partial charge on any atom is -0.365 e. The van der Waals surface area contributed by atoms with Crippen molar-refractivity contribution in [2.24, 2.45) is 0 Å². The SMILES string of the molecule is Cc1ccccc1C(=O)Nc1ccc(C(=O)[N+]23CCOCC2=CNC=C2CC=CC=C23)c(Cl)c1. The molecule has 0 saturated carbocycles. The van der Waals surface area contributed by atoms with Crippen molar-refractivity contribution in [3.05, 3.63) is 112 Å². The highest BCUT2D eigenvalue weighted by atomic mass is 35.5. The van der Waals surface area contributed by atoms with Crippen molar-refractivity contribution in [3.63, 3.8) is 0 Å². The van der Waals surface area contributed by atoms with Gasteiger partial charge in [0.25, 0.3) is 5.91 Å². The number of hydrogen-bond donors (Lipinski definition) is 2. The molecule has 2 aromatic rings. The Kier molecular flexibility index (Phi) is 5.96. The minimum atomic E-state index is -0.221. The van der Waals surface area contributed by atoms with Gasteiger partial charge in [0.05, 0.1) is 23.4 Å². The van der Waals surface area contributed by atoms with Crippen LogP contribution in [0.4, 0.5) is 5.69 Å². The van der Waals surface area contributed by atoms with E-state index in [1.807, 2.05) is 49.7 Å². The molecule has 0 radical (unpaired) electrons. The summed E-state index contributed by atoms with van der Waals surface area (Å²) < 4.78 is 5.74. The van der Waals surface area contributed by atoms with Crippen LogP contribution in [-0.2, 0) is 4.74 Å². The van der Waals surface area contributed by atoms with Gasteiger partial charge in [-0.3, -0.25) is 4.79 Å². The van der Waals surface area contributed by atoms with Gasteiger partial charge in [-0.15, -0.1) is 0 Å². The molecule has 2 aromatic carbocycles. The van der Waals surface area contributed by atoms with Gasteiger partial charge in [0.2, 0.25) is 0 Å². The zero-order valence-electron chi connectivity index (χ0n) is 18.8. The van der Waals surface area contributed by atoms with Crippen molar-refractivity contribution in [3.8, 4) is 0 Å². The number of anilines is 1. The lowest BCUT2D eigenvalue weighted by molar-refractivity contribution is -0.779. The van der Waals surface area contributed by atoms with Crippen LogP contribution in [0.1, 0.15) is 32.7 Å². The van der Waals surface area contributed by atoms with E-state index in [0.717, 1.165) is 29.0 Å². The molecule has 0 bridgehead atoms. The standard InChI is InChI=1S/C27H24ClN3O3/c1-18-6-2-4-8-22(18)26(32)30-20-10-11-23(24(28)14-20)27(33)31-12-13-34-17-21(31)16-29-15-19-7-3-5-9-25(19)31/h2-6,8-11,14-16,29H,7,12-13,17H2,1H3/p+1. The molecule has 1 saturated heterocycles. The largest absolute Gasteiger partial charge is 0.365 e. The molecular weight excluding hydrogens is 450 g/mol. The first-order chi connectivity index (χ1) is 16.5. The maximum absolute atomic E-state index is 14.2. The van der Waals surface area contributed by atoms with E-state index in [2.05, 4.69) is 16.7 Å². The minimum absolute atomic E-state index is 0.0395. The van der Waals surface area contributed by atoms with Crippen LogP contribution in [0.15, 0.2) is 90.1 Å². The van der Waals surface area contributed by atoms with Crippen LogP contribution in [0.25, 0.3) is 0 Å². The molecule has 1 atom stereocenters. The van der Waals surface area contributed by atoms with Crippen molar-refractivity contribution in [2.45, 2.75) is 13.3 Å². The Morgan fingerprint density at radius 1 is 1.12 bits per heavy atom. The maximum atomic E-state index is 14.2. The van der Waals surface area contributed by atoms with E-state index in [-0.39, 0.29) is 16.3 Å². The Balaban J connectivity index is 1.50. The molecule has 2 N–H and O–H groups in total. The molecule has 1 aliphatic carbocycles. The van der Waals surface area contributed by atoms with Crippen molar-refractivity contribution >= 4 is 29.1 Å². The van der Waals surface area contributed by atoms with E-state index in [9.17, 15) is 9.59 Å². The number of amides is 2. The Morgan fingerprint density at radius 2 is 1.97 bits per heavy atom. The Bertz CT molecular complexity index is 1310. The van der Waals surface area contributed by atoms with Crippen molar-refractivity contribution in [1.82, 2.24) is 5.32 Å². The smallest absolute Gasteiger partial charge is 0.357 e. The predicted octanol–water partition coefficient (Wildman–Crippen LogP) is 5.06. The number of halogens is 1. The average molecular weight is 475 g/mol. The van der Waals surface area contributed by atoms with Crippen LogP contribution < -0.4 is 10.6 Å². The molecule has 0 aromatic heterocycles. The lowest BCUT2D eigenvalue weighted by atomic mass is 9.98.